The van der Waals surface area contributed by atoms with E-state index in [1.54, 1.807) is 18.3 Å². The molecule has 1 atom stereocenters. The predicted molar refractivity (Wildman–Crippen MR) is 62.6 cm³/mol. The van der Waals surface area contributed by atoms with Gasteiger partial charge >= 0.3 is 5.97 Å². The Morgan fingerprint density at radius 1 is 1.50 bits per heavy atom. The minimum Gasteiger partial charge on any atom is -0.480 e. The Bertz CT molecular complexity index is 386. The summed E-state index contributed by atoms with van der Waals surface area (Å²) < 4.78 is 0. The molecule has 0 aliphatic rings. The van der Waals surface area contributed by atoms with Gasteiger partial charge in [0.05, 0.1) is 6.42 Å². The lowest BCUT2D eigenvalue weighted by Crippen LogP contribution is -2.40. The summed E-state index contributed by atoms with van der Waals surface area (Å²) >= 11 is 1.55. The standard InChI is InChI=1S/C11H15NO3S/c1-3-9(11(14)15)12-10(13)6-8-5-4-7(2)16-8/h4-5,9H,3,6H2,1-2H3,(H,12,13)(H,14,15). The number of carboxylic acid groups (broad SMARTS) is 1. The number of carboxylic acids is 1. The molecule has 2 N–H and O–H groups in total. The highest BCUT2D eigenvalue weighted by Gasteiger charge is 2.17. The molecule has 0 fully saturated rings. The van der Waals surface area contributed by atoms with Gasteiger partial charge in [0, 0.05) is 9.75 Å². The van der Waals surface area contributed by atoms with Crippen molar-refractivity contribution < 1.29 is 14.7 Å². The van der Waals surface area contributed by atoms with E-state index in [-0.39, 0.29) is 12.3 Å². The Hall–Kier alpha value is -1.36. The topological polar surface area (TPSA) is 66.4 Å². The molecule has 0 aliphatic heterocycles. The summed E-state index contributed by atoms with van der Waals surface area (Å²) in [6, 6.07) is 3.05. The first kappa shape index (κ1) is 12.7. The van der Waals surface area contributed by atoms with E-state index < -0.39 is 12.0 Å². The van der Waals surface area contributed by atoms with Crippen LogP contribution in [0.25, 0.3) is 0 Å². The summed E-state index contributed by atoms with van der Waals surface area (Å²) in [6.07, 6.45) is 0.646. The molecule has 1 unspecified atom stereocenters. The predicted octanol–water partition coefficient (Wildman–Crippen LogP) is 1.58. The molecule has 5 heteroatoms. The number of aliphatic carboxylic acids is 1. The van der Waals surface area contributed by atoms with Gasteiger partial charge in [0.2, 0.25) is 5.91 Å². The van der Waals surface area contributed by atoms with Gasteiger partial charge < -0.3 is 10.4 Å². The molecule has 1 aromatic heterocycles. The number of thiophene rings is 1. The molecule has 1 aromatic rings. The van der Waals surface area contributed by atoms with E-state index in [0.717, 1.165) is 9.75 Å². The fourth-order valence-electron chi connectivity index (χ4n) is 1.32. The zero-order chi connectivity index (χ0) is 12.1. The number of rotatable bonds is 5. The number of aryl methyl sites for hydroxylation is 1. The maximum absolute atomic E-state index is 11.5. The summed E-state index contributed by atoms with van der Waals surface area (Å²) in [5.41, 5.74) is 0. The Kier molecular flexibility index (Phi) is 4.49. The maximum atomic E-state index is 11.5. The molecule has 1 heterocycles. The summed E-state index contributed by atoms with van der Waals surface area (Å²) in [5, 5.41) is 11.3. The van der Waals surface area contributed by atoms with Crippen LogP contribution in [0.5, 0.6) is 0 Å². The molecule has 0 saturated heterocycles. The van der Waals surface area contributed by atoms with Crippen molar-refractivity contribution in [3.05, 3.63) is 21.9 Å². The number of nitrogens with one attached hydrogen (secondary N) is 1. The minimum absolute atomic E-state index is 0.240. The molecule has 0 aromatic carbocycles. The first-order chi connectivity index (χ1) is 7.52. The van der Waals surface area contributed by atoms with E-state index >= 15 is 0 Å². The van der Waals surface area contributed by atoms with Crippen molar-refractivity contribution in [3.63, 3.8) is 0 Å². The number of amides is 1. The number of carbonyl (C=O) groups excluding carboxylic acids is 1. The second-order valence-corrected chi connectivity index (χ2v) is 4.93. The Morgan fingerprint density at radius 3 is 2.62 bits per heavy atom. The van der Waals surface area contributed by atoms with Gasteiger partial charge in [0.1, 0.15) is 6.04 Å². The van der Waals surface area contributed by atoms with Gasteiger partial charge in [-0.3, -0.25) is 4.79 Å². The van der Waals surface area contributed by atoms with Gasteiger partial charge in [-0.25, -0.2) is 4.79 Å². The molecule has 0 saturated carbocycles. The van der Waals surface area contributed by atoms with Crippen LogP contribution in [0.2, 0.25) is 0 Å². The van der Waals surface area contributed by atoms with E-state index in [0.29, 0.717) is 6.42 Å². The van der Waals surface area contributed by atoms with E-state index in [4.69, 9.17) is 5.11 Å². The Morgan fingerprint density at radius 2 is 2.19 bits per heavy atom. The Balaban J connectivity index is 2.50. The van der Waals surface area contributed by atoms with E-state index in [9.17, 15) is 9.59 Å². The monoisotopic (exact) mass is 241 g/mol. The fraction of sp³-hybridized carbons (Fsp3) is 0.455. The highest BCUT2D eigenvalue weighted by Crippen LogP contribution is 2.15. The third-order valence-corrected chi connectivity index (χ3v) is 3.17. The van der Waals surface area contributed by atoms with Crippen molar-refractivity contribution in [3.8, 4) is 0 Å². The van der Waals surface area contributed by atoms with Crippen LogP contribution in [-0.4, -0.2) is 23.0 Å². The van der Waals surface area contributed by atoms with Crippen LogP contribution in [0.15, 0.2) is 12.1 Å². The van der Waals surface area contributed by atoms with Crippen molar-refractivity contribution >= 4 is 23.2 Å². The van der Waals surface area contributed by atoms with Crippen LogP contribution in [0.3, 0.4) is 0 Å². The van der Waals surface area contributed by atoms with E-state index in [1.807, 2.05) is 19.1 Å². The van der Waals surface area contributed by atoms with E-state index in [2.05, 4.69) is 5.32 Å². The molecule has 0 spiro atoms. The molecular weight excluding hydrogens is 226 g/mol. The first-order valence-corrected chi connectivity index (χ1v) is 5.92. The summed E-state index contributed by atoms with van der Waals surface area (Å²) in [7, 11) is 0. The van der Waals surface area contributed by atoms with Gasteiger partial charge in [0.15, 0.2) is 0 Å². The molecule has 88 valence electrons. The van der Waals surface area contributed by atoms with Gasteiger partial charge in [-0.05, 0) is 25.5 Å². The second-order valence-electron chi connectivity index (χ2n) is 3.56. The van der Waals surface area contributed by atoms with Gasteiger partial charge in [-0.2, -0.15) is 0 Å². The lowest BCUT2D eigenvalue weighted by molar-refractivity contribution is -0.141. The third kappa shape index (κ3) is 3.66. The summed E-state index contributed by atoms with van der Waals surface area (Å²) in [4.78, 5) is 24.3. The highest BCUT2D eigenvalue weighted by atomic mass is 32.1. The van der Waals surface area contributed by atoms with Crippen molar-refractivity contribution in [2.45, 2.75) is 32.7 Å². The third-order valence-electron chi connectivity index (χ3n) is 2.17. The lowest BCUT2D eigenvalue weighted by atomic mass is 10.2. The van der Waals surface area contributed by atoms with Gasteiger partial charge in [-0.1, -0.05) is 6.92 Å². The van der Waals surface area contributed by atoms with Crippen molar-refractivity contribution in [2.75, 3.05) is 0 Å². The quantitative estimate of drug-likeness (QED) is 0.822. The molecule has 0 radical (unpaired) electrons. The molecule has 0 bridgehead atoms. The zero-order valence-electron chi connectivity index (χ0n) is 9.32. The fourth-order valence-corrected chi connectivity index (χ4v) is 2.21. The summed E-state index contributed by atoms with van der Waals surface area (Å²) in [6.45, 7) is 3.70. The van der Waals surface area contributed by atoms with Crippen molar-refractivity contribution in [2.24, 2.45) is 0 Å². The molecule has 1 rings (SSSR count). The number of carbonyl (C=O) groups is 2. The average molecular weight is 241 g/mol. The molecule has 16 heavy (non-hydrogen) atoms. The number of hydrogen-bond donors (Lipinski definition) is 2. The molecular formula is C11H15NO3S. The smallest absolute Gasteiger partial charge is 0.326 e. The molecule has 1 amide bonds. The SMILES string of the molecule is CCC(NC(=O)Cc1ccc(C)s1)C(=O)O. The van der Waals surface area contributed by atoms with E-state index in [1.165, 1.54) is 0 Å². The highest BCUT2D eigenvalue weighted by molar-refractivity contribution is 7.12. The number of hydrogen-bond acceptors (Lipinski definition) is 3. The normalized spacial score (nSPS) is 12.1. The summed E-state index contributed by atoms with van der Waals surface area (Å²) in [5.74, 6) is -1.23. The van der Waals surface area contributed by atoms with Gasteiger partial charge in [-0.15, -0.1) is 11.3 Å². The first-order valence-electron chi connectivity index (χ1n) is 5.10. The van der Waals surface area contributed by atoms with Crippen LogP contribution in [0, 0.1) is 6.92 Å². The largest absolute Gasteiger partial charge is 0.480 e. The molecule has 4 nitrogen and oxygen atoms in total. The minimum atomic E-state index is -0.988. The zero-order valence-corrected chi connectivity index (χ0v) is 10.1. The lowest BCUT2D eigenvalue weighted by Gasteiger charge is -2.11. The average Bonchev–Trinajstić information content (AvgIpc) is 2.60. The maximum Gasteiger partial charge on any atom is 0.326 e. The van der Waals surface area contributed by atoms with Crippen LogP contribution >= 0.6 is 11.3 Å². The van der Waals surface area contributed by atoms with Crippen molar-refractivity contribution in [1.82, 2.24) is 5.32 Å². The van der Waals surface area contributed by atoms with Gasteiger partial charge in [0.25, 0.3) is 0 Å². The molecule has 0 aliphatic carbocycles. The van der Waals surface area contributed by atoms with Crippen LogP contribution in [0.1, 0.15) is 23.1 Å². The van der Waals surface area contributed by atoms with Crippen molar-refractivity contribution in [1.29, 1.82) is 0 Å². The van der Waals surface area contributed by atoms with Crippen LogP contribution < -0.4 is 5.32 Å². The second kappa shape index (κ2) is 5.65. The van der Waals surface area contributed by atoms with Crippen LogP contribution in [0.4, 0.5) is 0 Å². The Labute approximate surface area is 98.3 Å². The van der Waals surface area contributed by atoms with Crippen LogP contribution in [-0.2, 0) is 16.0 Å².